The predicted molar refractivity (Wildman–Crippen MR) is 104 cm³/mol. The van der Waals surface area contributed by atoms with Crippen molar-refractivity contribution in [3.8, 4) is 5.75 Å². The molecular weight excluding hydrogens is 382 g/mol. The zero-order chi connectivity index (χ0) is 20.1. The van der Waals surface area contributed by atoms with E-state index in [0.717, 1.165) is 32.1 Å². The summed E-state index contributed by atoms with van der Waals surface area (Å²) in [5, 5.41) is 0. The lowest BCUT2D eigenvalue weighted by atomic mass is 9.93. The second-order valence-electron chi connectivity index (χ2n) is 7.45. The first kappa shape index (κ1) is 20.6. The Morgan fingerprint density at radius 2 is 1.71 bits per heavy atom. The number of sulfone groups is 1. The minimum Gasteiger partial charge on any atom is -0.497 e. The first-order valence-corrected chi connectivity index (χ1v) is 11.5. The van der Waals surface area contributed by atoms with Crippen LogP contribution in [0, 0.1) is 0 Å². The Balaban J connectivity index is 1.65. The monoisotopic (exact) mass is 409 g/mol. The first-order valence-electron chi connectivity index (χ1n) is 9.72. The van der Waals surface area contributed by atoms with Crippen molar-refractivity contribution in [2.45, 2.75) is 50.6 Å². The summed E-state index contributed by atoms with van der Waals surface area (Å²) in [6.45, 7) is -0.377. The van der Waals surface area contributed by atoms with Gasteiger partial charge in [0.05, 0.1) is 24.2 Å². The Kier molecular flexibility index (Phi) is 6.59. The van der Waals surface area contributed by atoms with E-state index >= 15 is 0 Å². The van der Waals surface area contributed by atoms with Gasteiger partial charge in [-0.25, -0.2) is 13.2 Å². The van der Waals surface area contributed by atoms with Gasteiger partial charge in [-0.15, -0.1) is 0 Å². The van der Waals surface area contributed by atoms with Gasteiger partial charge < -0.3 is 14.4 Å². The number of esters is 1. The number of ether oxygens (including phenoxy) is 2. The molecule has 0 aromatic heterocycles. The molecule has 1 aliphatic carbocycles. The number of carbonyl (C=O) groups is 2. The second-order valence-corrected chi connectivity index (χ2v) is 9.68. The van der Waals surface area contributed by atoms with Gasteiger partial charge in [0.25, 0.3) is 5.91 Å². The van der Waals surface area contributed by atoms with E-state index in [1.807, 2.05) is 0 Å². The molecule has 1 atom stereocenters. The summed E-state index contributed by atoms with van der Waals surface area (Å²) in [5.41, 5.74) is 0.335. The van der Waals surface area contributed by atoms with Crippen molar-refractivity contribution >= 4 is 21.7 Å². The fourth-order valence-electron chi connectivity index (χ4n) is 4.07. The van der Waals surface area contributed by atoms with Crippen molar-refractivity contribution in [2.75, 3.05) is 25.2 Å². The SMILES string of the molecule is COc1ccc(C(=O)OCC(=O)N(C2CCCCC2)[C@@H]2CCS(=O)(=O)C2)cc1. The predicted octanol–water partition coefficient (Wildman–Crippen LogP) is 2.20. The molecule has 1 heterocycles. The molecule has 1 amide bonds. The van der Waals surface area contributed by atoms with Crippen molar-refractivity contribution in [2.24, 2.45) is 0 Å². The number of amides is 1. The Morgan fingerprint density at radius 3 is 2.29 bits per heavy atom. The molecule has 0 spiro atoms. The zero-order valence-electron chi connectivity index (χ0n) is 16.1. The molecule has 154 valence electrons. The zero-order valence-corrected chi connectivity index (χ0v) is 16.9. The van der Waals surface area contributed by atoms with Gasteiger partial charge in [-0.2, -0.15) is 0 Å². The van der Waals surface area contributed by atoms with Crippen molar-refractivity contribution < 1.29 is 27.5 Å². The van der Waals surface area contributed by atoms with Crippen LogP contribution < -0.4 is 4.74 Å². The summed E-state index contributed by atoms with van der Waals surface area (Å²) in [6, 6.07) is 6.16. The van der Waals surface area contributed by atoms with E-state index in [9.17, 15) is 18.0 Å². The van der Waals surface area contributed by atoms with Crippen LogP contribution >= 0.6 is 0 Å². The van der Waals surface area contributed by atoms with Crippen molar-refractivity contribution in [1.82, 2.24) is 4.90 Å². The lowest BCUT2D eigenvalue weighted by Gasteiger charge is -2.38. The van der Waals surface area contributed by atoms with E-state index in [1.165, 1.54) is 7.11 Å². The van der Waals surface area contributed by atoms with Crippen molar-refractivity contribution in [1.29, 1.82) is 0 Å². The highest BCUT2D eigenvalue weighted by Gasteiger charge is 2.38. The lowest BCUT2D eigenvalue weighted by Crippen LogP contribution is -2.50. The summed E-state index contributed by atoms with van der Waals surface area (Å²) in [7, 11) is -1.57. The molecule has 1 saturated heterocycles. The molecule has 2 fully saturated rings. The number of nitrogens with zero attached hydrogens (tertiary/aromatic N) is 1. The highest BCUT2D eigenvalue weighted by atomic mass is 32.2. The van der Waals surface area contributed by atoms with Gasteiger partial charge >= 0.3 is 5.97 Å². The summed E-state index contributed by atoms with van der Waals surface area (Å²) < 4.78 is 34.1. The quantitative estimate of drug-likeness (QED) is 0.669. The molecule has 7 nitrogen and oxygen atoms in total. The molecule has 2 aliphatic rings. The van der Waals surface area contributed by atoms with E-state index in [1.54, 1.807) is 29.2 Å². The summed E-state index contributed by atoms with van der Waals surface area (Å²) in [4.78, 5) is 26.9. The van der Waals surface area contributed by atoms with Crippen LogP contribution in [-0.4, -0.2) is 62.5 Å². The fraction of sp³-hybridized carbons (Fsp3) is 0.600. The lowest BCUT2D eigenvalue weighted by molar-refractivity contribution is -0.140. The van der Waals surface area contributed by atoms with Gasteiger partial charge in [0.2, 0.25) is 0 Å². The minimum atomic E-state index is -3.11. The summed E-state index contributed by atoms with van der Waals surface area (Å²) >= 11 is 0. The largest absolute Gasteiger partial charge is 0.497 e. The van der Waals surface area contributed by atoms with Gasteiger partial charge in [0, 0.05) is 12.1 Å². The Hall–Kier alpha value is -2.09. The van der Waals surface area contributed by atoms with Gasteiger partial charge in [-0.05, 0) is 43.5 Å². The van der Waals surface area contributed by atoms with Gasteiger partial charge in [0.15, 0.2) is 16.4 Å². The normalized spacial score (nSPS) is 21.8. The third-order valence-corrected chi connectivity index (χ3v) is 7.26. The van der Waals surface area contributed by atoms with Crippen LogP contribution in [0.3, 0.4) is 0 Å². The molecule has 8 heteroatoms. The van der Waals surface area contributed by atoms with E-state index in [2.05, 4.69) is 0 Å². The number of hydrogen-bond donors (Lipinski definition) is 0. The molecule has 1 saturated carbocycles. The maximum Gasteiger partial charge on any atom is 0.338 e. The Bertz CT molecular complexity index is 798. The number of rotatable bonds is 6. The van der Waals surface area contributed by atoms with Crippen LogP contribution in [0.2, 0.25) is 0 Å². The van der Waals surface area contributed by atoms with Crippen LogP contribution in [0.25, 0.3) is 0 Å². The van der Waals surface area contributed by atoms with Gasteiger partial charge in [0.1, 0.15) is 5.75 Å². The molecule has 0 N–H and O–H groups in total. The van der Waals surface area contributed by atoms with Crippen LogP contribution in [0.4, 0.5) is 0 Å². The van der Waals surface area contributed by atoms with Crippen LogP contribution in [0.15, 0.2) is 24.3 Å². The first-order chi connectivity index (χ1) is 13.4. The van der Waals surface area contributed by atoms with Crippen molar-refractivity contribution in [3.05, 3.63) is 29.8 Å². The number of hydrogen-bond acceptors (Lipinski definition) is 6. The smallest absolute Gasteiger partial charge is 0.338 e. The van der Waals surface area contributed by atoms with Crippen molar-refractivity contribution in [3.63, 3.8) is 0 Å². The van der Waals surface area contributed by atoms with Gasteiger partial charge in [-0.3, -0.25) is 4.79 Å². The van der Waals surface area contributed by atoms with Crippen LogP contribution in [0.1, 0.15) is 48.9 Å². The number of carbonyl (C=O) groups excluding carboxylic acids is 2. The van der Waals surface area contributed by atoms with Crippen LogP contribution in [0.5, 0.6) is 5.75 Å². The van der Waals surface area contributed by atoms with E-state index in [-0.39, 0.29) is 36.1 Å². The highest BCUT2D eigenvalue weighted by molar-refractivity contribution is 7.91. The van der Waals surface area contributed by atoms with E-state index in [0.29, 0.717) is 17.7 Å². The topological polar surface area (TPSA) is 90.0 Å². The Labute approximate surface area is 165 Å². The molecule has 28 heavy (non-hydrogen) atoms. The number of methoxy groups -OCH3 is 1. The molecule has 1 aromatic rings. The maximum absolute atomic E-state index is 12.9. The van der Waals surface area contributed by atoms with E-state index < -0.39 is 15.8 Å². The molecule has 0 radical (unpaired) electrons. The third kappa shape index (κ3) is 5.04. The third-order valence-electron chi connectivity index (χ3n) is 5.51. The van der Waals surface area contributed by atoms with E-state index in [4.69, 9.17) is 9.47 Å². The average Bonchev–Trinajstić information content (AvgIpc) is 3.06. The molecule has 0 unspecified atom stereocenters. The fourth-order valence-corrected chi connectivity index (χ4v) is 5.78. The molecule has 1 aliphatic heterocycles. The van der Waals surface area contributed by atoms with Crippen LogP contribution in [-0.2, 0) is 19.4 Å². The highest BCUT2D eigenvalue weighted by Crippen LogP contribution is 2.28. The molecular formula is C20H27NO6S. The molecule has 1 aromatic carbocycles. The molecule has 0 bridgehead atoms. The maximum atomic E-state index is 12.9. The second kappa shape index (κ2) is 8.94. The van der Waals surface area contributed by atoms with Gasteiger partial charge in [-0.1, -0.05) is 19.3 Å². The summed E-state index contributed by atoms with van der Waals surface area (Å²) in [5.74, 6) is -0.158. The average molecular weight is 410 g/mol. The summed E-state index contributed by atoms with van der Waals surface area (Å²) in [6.07, 6.45) is 5.38. The standard InChI is InChI=1S/C20H27NO6S/c1-26-18-9-7-15(8-10-18)20(23)27-13-19(22)21(16-5-3-2-4-6-16)17-11-12-28(24,25)14-17/h7-10,16-17H,2-6,11-14H2,1H3/t17-/m1/s1. The molecule has 3 rings (SSSR count). The Morgan fingerprint density at radius 1 is 1.04 bits per heavy atom. The number of benzene rings is 1. The minimum absolute atomic E-state index is 0.00165.